The quantitative estimate of drug-likeness (QED) is 0.780. The summed E-state index contributed by atoms with van der Waals surface area (Å²) in [5.41, 5.74) is 3.55. The maximum atomic E-state index is 11.0. The normalized spacial score (nSPS) is 10.4. The Labute approximate surface area is 106 Å². The van der Waals surface area contributed by atoms with Gasteiger partial charge in [-0.1, -0.05) is 0 Å². The number of carbonyl (C=O) groups excluding carboxylic acids is 1. The van der Waals surface area contributed by atoms with Gasteiger partial charge in [0.25, 0.3) is 0 Å². The van der Waals surface area contributed by atoms with Gasteiger partial charge in [0.05, 0.1) is 7.11 Å². The van der Waals surface area contributed by atoms with Crippen molar-refractivity contribution in [2.24, 2.45) is 0 Å². The van der Waals surface area contributed by atoms with Crippen molar-refractivity contribution in [2.75, 3.05) is 7.11 Å². The van der Waals surface area contributed by atoms with E-state index in [1.165, 1.54) is 0 Å². The van der Waals surface area contributed by atoms with Crippen LogP contribution in [0, 0.1) is 20.8 Å². The summed E-state index contributed by atoms with van der Waals surface area (Å²) in [5, 5.41) is 0. The first-order valence-electron chi connectivity index (χ1n) is 5.65. The third-order valence-electron chi connectivity index (χ3n) is 2.94. The molecule has 18 heavy (non-hydrogen) atoms. The molecule has 0 aliphatic rings. The summed E-state index contributed by atoms with van der Waals surface area (Å²) in [6, 6.07) is 3.89. The lowest BCUT2D eigenvalue weighted by Crippen LogP contribution is -1.93. The molecule has 0 aliphatic heterocycles. The molecular weight excluding hydrogens is 230 g/mol. The van der Waals surface area contributed by atoms with Crippen molar-refractivity contribution in [3.8, 4) is 17.0 Å². The van der Waals surface area contributed by atoms with Crippen LogP contribution >= 0.6 is 0 Å². The van der Waals surface area contributed by atoms with Crippen LogP contribution in [0.5, 0.6) is 5.75 Å². The molecule has 0 saturated heterocycles. The largest absolute Gasteiger partial charge is 0.496 e. The number of oxazole rings is 1. The lowest BCUT2D eigenvalue weighted by molar-refractivity contribution is 0.110. The molecule has 0 bridgehead atoms. The maximum Gasteiger partial charge on any atom is 0.195 e. The van der Waals surface area contributed by atoms with Crippen LogP contribution in [0.1, 0.15) is 27.6 Å². The molecule has 0 unspecified atom stereocenters. The van der Waals surface area contributed by atoms with Crippen LogP contribution < -0.4 is 4.74 Å². The molecule has 0 aliphatic carbocycles. The number of hydrogen-bond acceptors (Lipinski definition) is 4. The highest BCUT2D eigenvalue weighted by Gasteiger charge is 2.17. The monoisotopic (exact) mass is 245 g/mol. The number of methoxy groups -OCH3 is 1. The Morgan fingerprint density at radius 1 is 1.22 bits per heavy atom. The zero-order valence-electron chi connectivity index (χ0n) is 10.9. The number of nitrogens with zero attached hydrogens (tertiary/aromatic N) is 1. The van der Waals surface area contributed by atoms with Crippen molar-refractivity contribution < 1.29 is 13.9 Å². The molecule has 0 saturated carbocycles. The lowest BCUT2D eigenvalue weighted by Gasteiger charge is -2.10. The van der Waals surface area contributed by atoms with Gasteiger partial charge >= 0.3 is 0 Å². The number of carbonyl (C=O) groups is 1. The summed E-state index contributed by atoms with van der Waals surface area (Å²) >= 11 is 0. The average molecular weight is 245 g/mol. The topological polar surface area (TPSA) is 52.3 Å². The van der Waals surface area contributed by atoms with E-state index in [-0.39, 0.29) is 5.76 Å². The Balaban J connectivity index is 2.69. The van der Waals surface area contributed by atoms with Gasteiger partial charge in [0.2, 0.25) is 0 Å². The smallest absolute Gasteiger partial charge is 0.195 e. The number of hydrogen-bond donors (Lipinski definition) is 0. The zero-order valence-corrected chi connectivity index (χ0v) is 10.9. The summed E-state index contributed by atoms with van der Waals surface area (Å²) < 4.78 is 10.6. The van der Waals surface area contributed by atoms with Gasteiger partial charge in [-0.05, 0) is 37.1 Å². The molecule has 0 amide bonds. The van der Waals surface area contributed by atoms with Gasteiger partial charge in [0, 0.05) is 12.5 Å². The first-order valence-corrected chi connectivity index (χ1v) is 5.65. The molecule has 4 nitrogen and oxygen atoms in total. The standard InChI is InChI=1S/C14H15NO3/c1-8-5-11(12(17-4)6-9(8)2)14-13(7-16)18-10(3)15-14/h5-7H,1-4H3. The first-order chi connectivity index (χ1) is 8.56. The molecule has 4 heteroatoms. The van der Waals surface area contributed by atoms with Crippen molar-refractivity contribution in [1.82, 2.24) is 4.98 Å². The summed E-state index contributed by atoms with van der Waals surface area (Å²) in [6.45, 7) is 5.73. The summed E-state index contributed by atoms with van der Waals surface area (Å²) in [6.07, 6.45) is 0.671. The molecule has 0 fully saturated rings. The van der Waals surface area contributed by atoms with Gasteiger partial charge in [-0.15, -0.1) is 0 Å². The Hall–Kier alpha value is -2.10. The fourth-order valence-electron chi connectivity index (χ4n) is 1.86. The second kappa shape index (κ2) is 4.64. The van der Waals surface area contributed by atoms with Gasteiger partial charge in [0.15, 0.2) is 17.9 Å². The molecular formula is C14H15NO3. The molecule has 1 aromatic heterocycles. The number of aryl methyl sites for hydroxylation is 3. The van der Waals surface area contributed by atoms with Crippen molar-refractivity contribution in [2.45, 2.75) is 20.8 Å². The van der Waals surface area contributed by atoms with Crippen LogP contribution in [0.3, 0.4) is 0 Å². The Bertz CT molecular complexity index is 599. The lowest BCUT2D eigenvalue weighted by atomic mass is 10.0. The van der Waals surface area contributed by atoms with E-state index in [4.69, 9.17) is 9.15 Å². The maximum absolute atomic E-state index is 11.0. The molecule has 0 radical (unpaired) electrons. The van der Waals surface area contributed by atoms with E-state index < -0.39 is 0 Å². The number of aromatic nitrogens is 1. The average Bonchev–Trinajstić information content (AvgIpc) is 2.73. The van der Waals surface area contributed by atoms with Gasteiger partial charge in [-0.2, -0.15) is 0 Å². The predicted molar refractivity (Wildman–Crippen MR) is 68.1 cm³/mol. The third-order valence-corrected chi connectivity index (χ3v) is 2.94. The van der Waals surface area contributed by atoms with Crippen molar-refractivity contribution in [3.63, 3.8) is 0 Å². The van der Waals surface area contributed by atoms with Gasteiger partial charge < -0.3 is 9.15 Å². The number of rotatable bonds is 3. The molecule has 0 atom stereocenters. The summed E-state index contributed by atoms with van der Waals surface area (Å²) in [4.78, 5) is 15.2. The Morgan fingerprint density at radius 2 is 1.89 bits per heavy atom. The number of ether oxygens (including phenoxy) is 1. The minimum absolute atomic E-state index is 0.231. The summed E-state index contributed by atoms with van der Waals surface area (Å²) in [5.74, 6) is 1.39. The molecule has 1 aromatic carbocycles. The second-order valence-electron chi connectivity index (χ2n) is 4.20. The molecule has 0 N–H and O–H groups in total. The molecule has 1 heterocycles. The number of aldehydes is 1. The van der Waals surface area contributed by atoms with E-state index in [2.05, 4.69) is 4.98 Å². The van der Waals surface area contributed by atoms with E-state index >= 15 is 0 Å². The van der Waals surface area contributed by atoms with Gasteiger partial charge in [-0.3, -0.25) is 4.79 Å². The Kier molecular flexibility index (Phi) is 3.19. The van der Waals surface area contributed by atoms with Gasteiger partial charge in [0.1, 0.15) is 11.4 Å². The highest BCUT2D eigenvalue weighted by atomic mass is 16.5. The molecule has 2 aromatic rings. The second-order valence-corrected chi connectivity index (χ2v) is 4.20. The van der Waals surface area contributed by atoms with Crippen molar-refractivity contribution >= 4 is 6.29 Å². The molecule has 0 spiro atoms. The number of benzene rings is 1. The van der Waals surface area contributed by atoms with E-state index in [9.17, 15) is 4.79 Å². The molecule has 94 valence electrons. The van der Waals surface area contributed by atoms with Crippen molar-refractivity contribution in [1.29, 1.82) is 0 Å². The minimum Gasteiger partial charge on any atom is -0.496 e. The van der Waals surface area contributed by atoms with E-state index in [0.29, 0.717) is 23.6 Å². The van der Waals surface area contributed by atoms with Gasteiger partial charge in [-0.25, -0.2) is 4.98 Å². The van der Waals surface area contributed by atoms with Crippen LogP contribution in [0.4, 0.5) is 0 Å². The molecule has 2 rings (SSSR count). The van der Waals surface area contributed by atoms with E-state index in [1.54, 1.807) is 14.0 Å². The van der Waals surface area contributed by atoms with Crippen LogP contribution in [0.15, 0.2) is 16.5 Å². The SMILES string of the molecule is COc1cc(C)c(C)cc1-c1nc(C)oc1C=O. The first kappa shape index (κ1) is 12.4. The van der Waals surface area contributed by atoms with Crippen LogP contribution in [-0.4, -0.2) is 18.4 Å². The fraction of sp³-hybridized carbons (Fsp3) is 0.286. The van der Waals surface area contributed by atoms with Crippen LogP contribution in [0.2, 0.25) is 0 Å². The third kappa shape index (κ3) is 2.01. The highest BCUT2D eigenvalue weighted by molar-refractivity contribution is 5.84. The Morgan fingerprint density at radius 3 is 2.50 bits per heavy atom. The van der Waals surface area contributed by atoms with Crippen molar-refractivity contribution in [3.05, 3.63) is 34.9 Å². The minimum atomic E-state index is 0.231. The summed E-state index contributed by atoms with van der Waals surface area (Å²) in [7, 11) is 1.60. The zero-order chi connectivity index (χ0) is 13.3. The van der Waals surface area contributed by atoms with E-state index in [1.807, 2.05) is 26.0 Å². The predicted octanol–water partition coefficient (Wildman–Crippen LogP) is 3.09. The fourth-order valence-corrected chi connectivity index (χ4v) is 1.86. The van der Waals surface area contributed by atoms with E-state index in [0.717, 1.165) is 16.7 Å². The highest BCUT2D eigenvalue weighted by Crippen LogP contribution is 2.33. The van der Waals surface area contributed by atoms with Crippen LogP contribution in [0.25, 0.3) is 11.3 Å². The van der Waals surface area contributed by atoms with Crippen LogP contribution in [-0.2, 0) is 0 Å².